The zero-order valence-electron chi connectivity index (χ0n) is 13.7. The Hall–Kier alpha value is -2.16. The molecular formula is C20H24N2O. The maximum atomic E-state index is 6.17. The van der Waals surface area contributed by atoms with Crippen LogP contribution < -0.4 is 15.0 Å². The van der Waals surface area contributed by atoms with Crippen molar-refractivity contribution in [1.82, 2.24) is 0 Å². The molecule has 1 unspecified atom stereocenters. The Bertz CT molecular complexity index is 675. The predicted octanol–water partition coefficient (Wildman–Crippen LogP) is 4.01. The highest BCUT2D eigenvalue weighted by Gasteiger charge is 2.20. The third kappa shape index (κ3) is 3.14. The number of rotatable bonds is 3. The lowest BCUT2D eigenvalue weighted by molar-refractivity contribution is 0.206. The van der Waals surface area contributed by atoms with Crippen molar-refractivity contribution in [3.8, 4) is 5.75 Å². The lowest BCUT2D eigenvalue weighted by Gasteiger charge is -2.28. The van der Waals surface area contributed by atoms with E-state index in [-0.39, 0.29) is 6.10 Å². The van der Waals surface area contributed by atoms with Crippen LogP contribution in [0.15, 0.2) is 42.5 Å². The molecule has 3 heteroatoms. The van der Waals surface area contributed by atoms with Crippen LogP contribution in [0, 0.1) is 6.92 Å². The van der Waals surface area contributed by atoms with Crippen molar-refractivity contribution in [1.29, 1.82) is 0 Å². The lowest BCUT2D eigenvalue weighted by atomic mass is 10.1. The fraction of sp³-hybridized carbons (Fsp3) is 0.400. The van der Waals surface area contributed by atoms with E-state index in [4.69, 9.17) is 4.74 Å². The highest BCUT2D eigenvalue weighted by Crippen LogP contribution is 2.31. The number of nitrogens with zero attached hydrogens (tertiary/aromatic N) is 1. The van der Waals surface area contributed by atoms with Crippen LogP contribution in [0.4, 0.5) is 11.4 Å². The van der Waals surface area contributed by atoms with E-state index in [1.165, 1.54) is 42.7 Å². The van der Waals surface area contributed by atoms with E-state index in [1.807, 2.05) is 0 Å². The second-order valence-electron chi connectivity index (χ2n) is 6.69. The Kier molecular flexibility index (Phi) is 3.86. The average molecular weight is 308 g/mol. The summed E-state index contributed by atoms with van der Waals surface area (Å²) >= 11 is 0. The smallest absolute Gasteiger partial charge is 0.143 e. The molecule has 1 saturated heterocycles. The van der Waals surface area contributed by atoms with Gasteiger partial charge in [0.05, 0.1) is 12.2 Å². The molecule has 120 valence electrons. The van der Waals surface area contributed by atoms with Gasteiger partial charge in [0.15, 0.2) is 0 Å². The molecule has 1 atom stereocenters. The molecule has 0 radical (unpaired) electrons. The molecule has 0 saturated carbocycles. The summed E-state index contributed by atoms with van der Waals surface area (Å²) in [7, 11) is 0. The summed E-state index contributed by atoms with van der Waals surface area (Å²) in [5.74, 6) is 0.981. The fourth-order valence-electron chi connectivity index (χ4n) is 3.51. The van der Waals surface area contributed by atoms with Gasteiger partial charge in [0.1, 0.15) is 11.9 Å². The first-order chi connectivity index (χ1) is 11.3. The zero-order chi connectivity index (χ0) is 15.6. The van der Waals surface area contributed by atoms with Crippen LogP contribution in [0.3, 0.4) is 0 Å². The van der Waals surface area contributed by atoms with Crippen molar-refractivity contribution in [3.05, 3.63) is 53.6 Å². The van der Waals surface area contributed by atoms with Crippen LogP contribution in [0.5, 0.6) is 5.75 Å². The topological polar surface area (TPSA) is 24.5 Å². The van der Waals surface area contributed by atoms with Crippen LogP contribution in [-0.2, 0) is 6.42 Å². The third-order valence-electron chi connectivity index (χ3n) is 4.82. The number of aryl methyl sites for hydroxylation is 1. The highest BCUT2D eigenvalue weighted by molar-refractivity contribution is 5.59. The summed E-state index contributed by atoms with van der Waals surface area (Å²) in [5.41, 5.74) is 5.04. The van der Waals surface area contributed by atoms with Gasteiger partial charge in [-0.3, -0.25) is 0 Å². The third-order valence-corrected chi connectivity index (χ3v) is 4.82. The van der Waals surface area contributed by atoms with E-state index in [0.29, 0.717) is 0 Å². The van der Waals surface area contributed by atoms with Crippen LogP contribution in [0.25, 0.3) is 0 Å². The lowest BCUT2D eigenvalue weighted by Crippen LogP contribution is -2.32. The molecule has 2 aliphatic heterocycles. The molecule has 0 aromatic heterocycles. The van der Waals surface area contributed by atoms with Crippen molar-refractivity contribution in [2.24, 2.45) is 0 Å². The van der Waals surface area contributed by atoms with E-state index in [2.05, 4.69) is 59.6 Å². The molecule has 2 aromatic rings. The summed E-state index contributed by atoms with van der Waals surface area (Å²) in [4.78, 5) is 2.47. The van der Waals surface area contributed by atoms with Gasteiger partial charge in [0, 0.05) is 25.2 Å². The maximum Gasteiger partial charge on any atom is 0.143 e. The van der Waals surface area contributed by atoms with Gasteiger partial charge >= 0.3 is 0 Å². The van der Waals surface area contributed by atoms with E-state index in [0.717, 1.165) is 24.4 Å². The van der Waals surface area contributed by atoms with Gasteiger partial charge in [-0.25, -0.2) is 0 Å². The highest BCUT2D eigenvalue weighted by atomic mass is 16.5. The van der Waals surface area contributed by atoms with E-state index in [1.54, 1.807) is 0 Å². The SMILES string of the molecule is Cc1ccc2c(c1)OC(Cc1ccc(N3CCCC3)cc1)CN2. The predicted molar refractivity (Wildman–Crippen MR) is 95.7 cm³/mol. The molecule has 23 heavy (non-hydrogen) atoms. The number of hydrogen-bond donors (Lipinski definition) is 1. The first-order valence-electron chi connectivity index (χ1n) is 8.63. The minimum Gasteiger partial charge on any atom is -0.486 e. The molecule has 0 aliphatic carbocycles. The summed E-state index contributed by atoms with van der Waals surface area (Å²) < 4.78 is 6.17. The standard InChI is InChI=1S/C20H24N2O/c1-15-4-9-19-20(12-15)23-18(14-21-19)13-16-5-7-17(8-6-16)22-10-2-3-11-22/h4-9,12,18,21H,2-3,10-11,13-14H2,1H3. The monoisotopic (exact) mass is 308 g/mol. The molecule has 0 spiro atoms. The molecule has 0 bridgehead atoms. The first-order valence-corrected chi connectivity index (χ1v) is 8.63. The maximum absolute atomic E-state index is 6.17. The van der Waals surface area contributed by atoms with Gasteiger partial charge < -0.3 is 15.0 Å². The van der Waals surface area contributed by atoms with Crippen LogP contribution >= 0.6 is 0 Å². The Morgan fingerprint density at radius 2 is 1.87 bits per heavy atom. The van der Waals surface area contributed by atoms with Crippen molar-refractivity contribution in [2.45, 2.75) is 32.3 Å². The van der Waals surface area contributed by atoms with Crippen LogP contribution in [0.1, 0.15) is 24.0 Å². The van der Waals surface area contributed by atoms with Crippen molar-refractivity contribution < 1.29 is 4.74 Å². The summed E-state index contributed by atoms with van der Waals surface area (Å²) in [6.45, 7) is 5.37. The molecular weight excluding hydrogens is 284 g/mol. The molecule has 1 N–H and O–H groups in total. The molecule has 2 heterocycles. The Balaban J connectivity index is 1.42. The second kappa shape index (κ2) is 6.15. The van der Waals surface area contributed by atoms with Gasteiger partial charge in [-0.1, -0.05) is 18.2 Å². The number of anilines is 2. The number of fused-ring (bicyclic) bond motifs is 1. The van der Waals surface area contributed by atoms with E-state index in [9.17, 15) is 0 Å². The Morgan fingerprint density at radius 3 is 2.65 bits per heavy atom. The molecule has 2 aromatic carbocycles. The Labute approximate surface area is 138 Å². The van der Waals surface area contributed by atoms with Gasteiger partial charge in [-0.05, 0) is 55.2 Å². The largest absolute Gasteiger partial charge is 0.486 e. The zero-order valence-corrected chi connectivity index (χ0v) is 13.7. The molecule has 1 fully saturated rings. The van der Waals surface area contributed by atoms with E-state index >= 15 is 0 Å². The van der Waals surface area contributed by atoms with Gasteiger partial charge in [0.25, 0.3) is 0 Å². The van der Waals surface area contributed by atoms with Crippen molar-refractivity contribution in [2.75, 3.05) is 29.9 Å². The normalized spacial score (nSPS) is 19.9. The van der Waals surface area contributed by atoms with Gasteiger partial charge in [-0.15, -0.1) is 0 Å². The minimum atomic E-state index is 0.196. The average Bonchev–Trinajstić information content (AvgIpc) is 3.10. The van der Waals surface area contributed by atoms with Crippen molar-refractivity contribution in [3.63, 3.8) is 0 Å². The number of hydrogen-bond acceptors (Lipinski definition) is 3. The van der Waals surface area contributed by atoms with E-state index < -0.39 is 0 Å². The Morgan fingerprint density at radius 1 is 1.09 bits per heavy atom. The summed E-state index contributed by atoms with van der Waals surface area (Å²) in [6, 6.07) is 15.4. The van der Waals surface area contributed by atoms with Crippen LogP contribution in [0.2, 0.25) is 0 Å². The molecule has 3 nitrogen and oxygen atoms in total. The van der Waals surface area contributed by atoms with Gasteiger partial charge in [0.2, 0.25) is 0 Å². The first kappa shape index (κ1) is 14.4. The fourth-order valence-corrected chi connectivity index (χ4v) is 3.51. The van der Waals surface area contributed by atoms with Gasteiger partial charge in [-0.2, -0.15) is 0 Å². The van der Waals surface area contributed by atoms with Crippen molar-refractivity contribution >= 4 is 11.4 Å². The van der Waals surface area contributed by atoms with Crippen LogP contribution in [-0.4, -0.2) is 25.7 Å². The minimum absolute atomic E-state index is 0.196. The number of ether oxygens (including phenoxy) is 1. The number of benzene rings is 2. The number of nitrogens with one attached hydrogen (secondary N) is 1. The summed E-state index contributed by atoms with van der Waals surface area (Å²) in [6.07, 6.45) is 3.78. The quantitative estimate of drug-likeness (QED) is 0.927. The second-order valence-corrected chi connectivity index (χ2v) is 6.69. The molecule has 0 amide bonds. The summed E-state index contributed by atoms with van der Waals surface area (Å²) in [5, 5.41) is 3.48. The molecule has 4 rings (SSSR count). The molecule has 2 aliphatic rings.